The van der Waals surface area contributed by atoms with E-state index in [0.29, 0.717) is 16.9 Å². The van der Waals surface area contributed by atoms with Crippen LogP contribution in [-0.2, 0) is 5.92 Å². The van der Waals surface area contributed by atoms with Crippen molar-refractivity contribution in [2.75, 3.05) is 0 Å². The molecule has 3 radical (unpaired) electrons. The summed E-state index contributed by atoms with van der Waals surface area (Å²) in [5.41, 5.74) is -2.93. The molecule has 0 aliphatic heterocycles. The van der Waals surface area contributed by atoms with Crippen molar-refractivity contribution in [3.8, 4) is 0 Å². The number of rotatable bonds is 2. The molecular weight excluding hydrogens is 392 g/mol. The topological polar surface area (TPSA) is 0 Å². The quantitative estimate of drug-likeness (QED) is 0.314. The van der Waals surface area contributed by atoms with Crippen molar-refractivity contribution in [3.05, 3.63) is 28.8 Å². The molecule has 117 valence electrons. The Bertz CT molecular complexity index is 545. The molecule has 0 nitrogen and oxygen atoms in total. The molecule has 0 saturated carbocycles. The van der Waals surface area contributed by atoms with E-state index >= 15 is 0 Å². The Hall–Kier alpha value is -0.992. The zero-order valence-electron chi connectivity index (χ0n) is 9.10. The predicted octanol–water partition coefficient (Wildman–Crippen LogP) is 3.33. The van der Waals surface area contributed by atoms with Crippen molar-refractivity contribution < 1.29 is 48.3 Å². The average molecular weight is 392 g/mol. The third-order valence-electron chi connectivity index (χ3n) is 2.31. The molecule has 0 aliphatic rings. The summed E-state index contributed by atoms with van der Waals surface area (Å²) in [4.78, 5) is 0. The van der Waals surface area contributed by atoms with Gasteiger partial charge in [0.1, 0.15) is 0 Å². The normalized spacial score (nSPS) is 13.7. The Morgan fingerprint density at radius 1 is 0.619 bits per heavy atom. The second kappa shape index (κ2) is 5.03. The van der Waals surface area contributed by atoms with Gasteiger partial charge >= 0.3 is 116 Å². The van der Waals surface area contributed by atoms with E-state index in [1.165, 1.54) is 0 Å². The molecule has 0 heterocycles. The Morgan fingerprint density at radius 2 is 1.00 bits per heavy atom. The number of alkyl halides is 7. The Kier molecular flexibility index (Phi) is 4.33. The first-order valence-corrected chi connectivity index (χ1v) is 5.49. The van der Waals surface area contributed by atoms with Gasteiger partial charge in [-0.15, -0.1) is 0 Å². The molecule has 0 fully saturated rings. The Morgan fingerprint density at radius 3 is 1.38 bits per heavy atom. The van der Waals surface area contributed by atoms with Gasteiger partial charge < -0.3 is 0 Å². The second-order valence-electron chi connectivity index (χ2n) is 3.63. The van der Waals surface area contributed by atoms with Crippen molar-refractivity contribution in [1.82, 2.24) is 0 Å². The van der Waals surface area contributed by atoms with E-state index in [2.05, 4.69) is 0 Å². The van der Waals surface area contributed by atoms with Crippen molar-refractivity contribution in [2.24, 2.45) is 0 Å². The molecule has 0 atom stereocenters. The van der Waals surface area contributed by atoms with Gasteiger partial charge in [-0.3, -0.25) is 0 Å². The van der Waals surface area contributed by atoms with Crippen molar-refractivity contribution in [2.45, 2.75) is 18.0 Å². The average Bonchev–Trinajstić information content (AvgIpc) is 2.32. The molecule has 12 heteroatoms. The molecule has 0 bridgehead atoms. The standard InChI is InChI=1S/C9AsF11/c10-2-1(3(11)5(13)6(14)4(2)12)7(15,16)8(17,18)9(19,20)21/q+1. The number of hydrogen-bond donors (Lipinski definition) is 0. The summed E-state index contributed by atoms with van der Waals surface area (Å²) in [5.74, 6) is -24.3. The summed E-state index contributed by atoms with van der Waals surface area (Å²) >= 11 is 0.641. The number of benzene rings is 1. The Balaban J connectivity index is 3.76. The maximum atomic E-state index is 13.3. The van der Waals surface area contributed by atoms with Gasteiger partial charge in [-0.2, -0.15) is 0 Å². The first-order chi connectivity index (χ1) is 9.18. The van der Waals surface area contributed by atoms with Crippen molar-refractivity contribution in [1.29, 1.82) is 0 Å². The van der Waals surface area contributed by atoms with Gasteiger partial charge in [0.15, 0.2) is 0 Å². The van der Waals surface area contributed by atoms with E-state index in [0.717, 1.165) is 0 Å². The molecule has 1 rings (SSSR count). The van der Waals surface area contributed by atoms with Gasteiger partial charge in [0.2, 0.25) is 0 Å². The zero-order chi connectivity index (χ0) is 17.0. The van der Waals surface area contributed by atoms with Gasteiger partial charge in [0, 0.05) is 0 Å². The van der Waals surface area contributed by atoms with Crippen LogP contribution in [0.15, 0.2) is 0 Å². The zero-order valence-corrected chi connectivity index (χ0v) is 11.0. The minimum absolute atomic E-state index is 0.641. The van der Waals surface area contributed by atoms with Crippen LogP contribution in [0, 0.1) is 23.3 Å². The van der Waals surface area contributed by atoms with E-state index in [1.54, 1.807) is 0 Å². The molecular formula is C9AsF11+. The van der Waals surface area contributed by atoms with Crippen LogP contribution in [0.25, 0.3) is 0 Å². The molecule has 0 saturated heterocycles. The van der Waals surface area contributed by atoms with Crippen LogP contribution in [-0.4, -0.2) is 29.0 Å². The molecule has 0 amide bonds. The van der Waals surface area contributed by atoms with E-state index in [-0.39, 0.29) is 0 Å². The molecule has 0 aliphatic carbocycles. The summed E-state index contributed by atoms with van der Waals surface area (Å²) in [6.07, 6.45) is -6.84. The van der Waals surface area contributed by atoms with Crippen LogP contribution in [0.1, 0.15) is 5.56 Å². The fourth-order valence-electron chi connectivity index (χ4n) is 1.24. The summed E-state index contributed by atoms with van der Waals surface area (Å²) in [7, 11) is 0. The van der Waals surface area contributed by atoms with E-state index < -0.39 is 51.2 Å². The maximum absolute atomic E-state index is 13.3. The summed E-state index contributed by atoms with van der Waals surface area (Å²) in [5, 5.41) is 0. The molecule has 0 spiro atoms. The summed E-state index contributed by atoms with van der Waals surface area (Å²) in [6.45, 7) is 0. The van der Waals surface area contributed by atoms with Gasteiger partial charge in [-0.25, -0.2) is 0 Å². The fourth-order valence-corrected chi connectivity index (χ4v) is 1.95. The van der Waals surface area contributed by atoms with E-state index in [4.69, 9.17) is 0 Å². The third kappa shape index (κ3) is 2.49. The van der Waals surface area contributed by atoms with Crippen LogP contribution in [0.3, 0.4) is 0 Å². The van der Waals surface area contributed by atoms with Gasteiger partial charge in [0.25, 0.3) is 0 Å². The van der Waals surface area contributed by atoms with Crippen LogP contribution in [0.2, 0.25) is 0 Å². The monoisotopic (exact) mass is 392 g/mol. The van der Waals surface area contributed by atoms with Crippen LogP contribution in [0.5, 0.6) is 0 Å². The predicted molar refractivity (Wildman–Crippen MR) is 46.6 cm³/mol. The molecule has 0 aromatic heterocycles. The van der Waals surface area contributed by atoms with E-state index in [1.807, 2.05) is 0 Å². The third-order valence-corrected chi connectivity index (χ3v) is 3.19. The summed E-state index contributed by atoms with van der Waals surface area (Å²) < 4.78 is 137. The molecule has 21 heavy (non-hydrogen) atoms. The Labute approximate surface area is 117 Å². The molecule has 1 aromatic rings. The van der Waals surface area contributed by atoms with Gasteiger partial charge in [-0.1, -0.05) is 0 Å². The minimum atomic E-state index is -6.84. The van der Waals surface area contributed by atoms with Crippen LogP contribution < -0.4 is 4.35 Å². The second-order valence-corrected chi connectivity index (χ2v) is 4.56. The van der Waals surface area contributed by atoms with Crippen molar-refractivity contribution >= 4 is 21.2 Å². The first kappa shape index (κ1) is 18.1. The number of hydrogen-bond acceptors (Lipinski definition) is 0. The van der Waals surface area contributed by atoms with Crippen molar-refractivity contribution in [3.63, 3.8) is 0 Å². The van der Waals surface area contributed by atoms with Crippen LogP contribution >= 0.6 is 0 Å². The molecule has 0 N–H and O–H groups in total. The summed E-state index contributed by atoms with van der Waals surface area (Å²) in [6, 6.07) is 0. The first-order valence-electron chi connectivity index (χ1n) is 4.55. The van der Waals surface area contributed by atoms with E-state index in [9.17, 15) is 48.3 Å². The molecule has 1 aromatic carbocycles. The number of halogens is 11. The van der Waals surface area contributed by atoms with Gasteiger partial charge in [-0.05, 0) is 0 Å². The van der Waals surface area contributed by atoms with Gasteiger partial charge in [0.05, 0.1) is 0 Å². The fraction of sp³-hybridized carbons (Fsp3) is 0.333. The molecule has 0 unspecified atom stereocenters. The SMILES string of the molecule is Fc1c(F)c(F)c(C(F)(F)C(F)(F)C(F)(F)F)c([As+])c1F. The van der Waals surface area contributed by atoms with Crippen LogP contribution in [0.4, 0.5) is 48.3 Å².